The standard InChI is InChI=1S/C18H13FN6O2S2/c19-11-2-4-12(5-3-11)22-14(26)10-29-18-23-13(9-28-18)8-15-24-17(25-27-15)16-20-6-1-7-21-16/h1-7,9H,8,10H2,(H,22,26). The third-order valence-corrected chi connectivity index (χ3v) is 5.62. The lowest BCUT2D eigenvalue weighted by Crippen LogP contribution is -2.13. The highest BCUT2D eigenvalue weighted by molar-refractivity contribution is 8.01. The fraction of sp³-hybridized carbons (Fsp3) is 0.111. The number of aromatic nitrogens is 5. The number of rotatable bonds is 7. The Hall–Kier alpha value is -3.18. The van der Waals surface area contributed by atoms with Gasteiger partial charge in [0.25, 0.3) is 0 Å². The van der Waals surface area contributed by atoms with E-state index in [-0.39, 0.29) is 17.5 Å². The zero-order valence-electron chi connectivity index (χ0n) is 14.8. The van der Waals surface area contributed by atoms with E-state index in [0.29, 0.717) is 29.6 Å². The smallest absolute Gasteiger partial charge is 0.240 e. The van der Waals surface area contributed by atoms with Crippen molar-refractivity contribution in [1.82, 2.24) is 25.1 Å². The van der Waals surface area contributed by atoms with E-state index in [1.165, 1.54) is 47.4 Å². The first-order chi connectivity index (χ1) is 14.2. The molecule has 0 aliphatic rings. The van der Waals surface area contributed by atoms with Gasteiger partial charge in [0, 0.05) is 23.5 Å². The zero-order chi connectivity index (χ0) is 20.1. The van der Waals surface area contributed by atoms with Crippen molar-refractivity contribution >= 4 is 34.7 Å². The highest BCUT2D eigenvalue weighted by Crippen LogP contribution is 2.24. The van der Waals surface area contributed by atoms with Crippen molar-refractivity contribution < 1.29 is 13.7 Å². The van der Waals surface area contributed by atoms with Gasteiger partial charge in [-0.2, -0.15) is 4.98 Å². The molecule has 0 aliphatic carbocycles. The highest BCUT2D eigenvalue weighted by Gasteiger charge is 2.13. The Labute approximate surface area is 172 Å². The van der Waals surface area contributed by atoms with Gasteiger partial charge in [-0.05, 0) is 30.3 Å². The molecule has 0 unspecified atom stereocenters. The number of halogens is 1. The van der Waals surface area contributed by atoms with E-state index in [2.05, 4.69) is 30.4 Å². The largest absolute Gasteiger partial charge is 0.338 e. The molecule has 3 heterocycles. The van der Waals surface area contributed by atoms with Crippen LogP contribution in [0.25, 0.3) is 11.6 Å². The van der Waals surface area contributed by atoms with Crippen LogP contribution in [0.4, 0.5) is 10.1 Å². The number of thioether (sulfide) groups is 1. The number of nitrogens with zero attached hydrogens (tertiary/aromatic N) is 5. The molecule has 1 amide bonds. The number of benzene rings is 1. The molecule has 146 valence electrons. The Morgan fingerprint density at radius 2 is 1.93 bits per heavy atom. The lowest BCUT2D eigenvalue weighted by atomic mass is 10.3. The Bertz CT molecular complexity index is 1100. The van der Waals surface area contributed by atoms with E-state index < -0.39 is 0 Å². The van der Waals surface area contributed by atoms with Gasteiger partial charge in [-0.1, -0.05) is 16.9 Å². The third kappa shape index (κ3) is 5.21. The molecule has 0 saturated carbocycles. The first kappa shape index (κ1) is 19.2. The summed E-state index contributed by atoms with van der Waals surface area (Å²) in [5.41, 5.74) is 1.31. The summed E-state index contributed by atoms with van der Waals surface area (Å²) in [5, 5.41) is 8.46. The molecule has 0 spiro atoms. The summed E-state index contributed by atoms with van der Waals surface area (Å²) in [6.07, 6.45) is 3.59. The van der Waals surface area contributed by atoms with E-state index in [1.54, 1.807) is 18.5 Å². The van der Waals surface area contributed by atoms with Crippen LogP contribution in [0.1, 0.15) is 11.6 Å². The third-order valence-electron chi connectivity index (χ3n) is 3.55. The molecule has 8 nitrogen and oxygen atoms in total. The molecule has 1 N–H and O–H groups in total. The molecule has 4 aromatic rings. The van der Waals surface area contributed by atoms with E-state index in [1.807, 2.05) is 5.38 Å². The molecule has 0 radical (unpaired) electrons. The van der Waals surface area contributed by atoms with E-state index in [9.17, 15) is 9.18 Å². The van der Waals surface area contributed by atoms with Crippen molar-refractivity contribution in [2.45, 2.75) is 10.8 Å². The molecule has 0 fully saturated rings. The Balaban J connectivity index is 1.30. The molecule has 0 aliphatic heterocycles. The summed E-state index contributed by atoms with van der Waals surface area (Å²) in [5.74, 6) is 0.774. The average molecular weight is 428 g/mol. The van der Waals surface area contributed by atoms with Gasteiger partial charge >= 0.3 is 0 Å². The summed E-state index contributed by atoms with van der Waals surface area (Å²) >= 11 is 2.75. The van der Waals surface area contributed by atoms with Crippen LogP contribution in [0.5, 0.6) is 0 Å². The Morgan fingerprint density at radius 3 is 2.72 bits per heavy atom. The molecular weight excluding hydrogens is 415 g/mol. The van der Waals surface area contributed by atoms with E-state index in [4.69, 9.17) is 4.52 Å². The van der Waals surface area contributed by atoms with Crippen LogP contribution in [0.3, 0.4) is 0 Å². The number of amides is 1. The van der Waals surface area contributed by atoms with Crippen LogP contribution in [-0.2, 0) is 11.2 Å². The minimum Gasteiger partial charge on any atom is -0.338 e. The lowest BCUT2D eigenvalue weighted by molar-refractivity contribution is -0.113. The van der Waals surface area contributed by atoms with Crippen molar-refractivity contribution in [3.05, 3.63) is 65.5 Å². The zero-order valence-corrected chi connectivity index (χ0v) is 16.4. The number of carbonyl (C=O) groups excluding carboxylic acids is 1. The summed E-state index contributed by atoms with van der Waals surface area (Å²) in [6.45, 7) is 0. The quantitative estimate of drug-likeness (QED) is 0.446. The van der Waals surface area contributed by atoms with E-state index in [0.717, 1.165) is 10.0 Å². The maximum Gasteiger partial charge on any atom is 0.240 e. The van der Waals surface area contributed by atoms with Crippen molar-refractivity contribution in [2.75, 3.05) is 11.1 Å². The molecule has 0 atom stereocenters. The van der Waals surface area contributed by atoms with Gasteiger partial charge in [-0.25, -0.2) is 19.3 Å². The SMILES string of the molecule is O=C(CSc1nc(Cc2nc(-c3ncccn3)no2)cs1)Nc1ccc(F)cc1. The summed E-state index contributed by atoms with van der Waals surface area (Å²) in [6, 6.07) is 7.32. The Morgan fingerprint density at radius 1 is 1.14 bits per heavy atom. The number of hydrogen-bond acceptors (Lipinski definition) is 9. The fourth-order valence-electron chi connectivity index (χ4n) is 2.28. The topological polar surface area (TPSA) is 107 Å². The predicted octanol–water partition coefficient (Wildman–Crippen LogP) is 3.44. The fourth-order valence-corrected chi connectivity index (χ4v) is 3.93. The van der Waals surface area contributed by atoms with Gasteiger partial charge in [0.1, 0.15) is 5.82 Å². The number of anilines is 1. The Kier molecular flexibility index (Phi) is 5.86. The second-order valence-corrected chi connectivity index (χ2v) is 7.79. The number of nitrogens with one attached hydrogen (secondary N) is 1. The molecule has 1 aromatic carbocycles. The minimum atomic E-state index is -0.350. The summed E-state index contributed by atoms with van der Waals surface area (Å²) in [7, 11) is 0. The van der Waals surface area contributed by atoms with Crippen LogP contribution >= 0.6 is 23.1 Å². The summed E-state index contributed by atoms with van der Waals surface area (Å²) < 4.78 is 18.9. The first-order valence-electron chi connectivity index (χ1n) is 8.38. The number of carbonyl (C=O) groups is 1. The highest BCUT2D eigenvalue weighted by atomic mass is 32.2. The van der Waals surface area contributed by atoms with Gasteiger partial charge in [-0.15, -0.1) is 11.3 Å². The molecular formula is C18H13FN6O2S2. The van der Waals surface area contributed by atoms with Gasteiger partial charge in [-0.3, -0.25) is 4.79 Å². The second kappa shape index (κ2) is 8.88. The van der Waals surface area contributed by atoms with Gasteiger partial charge in [0.15, 0.2) is 4.34 Å². The van der Waals surface area contributed by atoms with Gasteiger partial charge < -0.3 is 9.84 Å². The van der Waals surface area contributed by atoms with Crippen molar-refractivity contribution in [1.29, 1.82) is 0 Å². The van der Waals surface area contributed by atoms with Crippen LogP contribution in [0.15, 0.2) is 57.0 Å². The van der Waals surface area contributed by atoms with Crippen molar-refractivity contribution in [3.8, 4) is 11.6 Å². The summed E-state index contributed by atoms with van der Waals surface area (Å²) in [4.78, 5) is 28.9. The maximum atomic E-state index is 12.9. The second-order valence-electron chi connectivity index (χ2n) is 5.71. The first-order valence-corrected chi connectivity index (χ1v) is 10.2. The molecule has 0 bridgehead atoms. The molecule has 0 saturated heterocycles. The number of thiazole rings is 1. The van der Waals surface area contributed by atoms with Gasteiger partial charge in [0.2, 0.25) is 23.4 Å². The predicted molar refractivity (Wildman–Crippen MR) is 106 cm³/mol. The van der Waals surface area contributed by atoms with Crippen LogP contribution < -0.4 is 5.32 Å². The molecule has 3 aromatic heterocycles. The van der Waals surface area contributed by atoms with Gasteiger partial charge in [0.05, 0.1) is 17.9 Å². The van der Waals surface area contributed by atoms with Crippen molar-refractivity contribution in [3.63, 3.8) is 0 Å². The normalized spacial score (nSPS) is 10.8. The molecule has 29 heavy (non-hydrogen) atoms. The lowest BCUT2D eigenvalue weighted by Gasteiger charge is -2.03. The minimum absolute atomic E-state index is 0.192. The maximum absolute atomic E-state index is 12.9. The number of hydrogen-bond donors (Lipinski definition) is 1. The van der Waals surface area contributed by atoms with E-state index >= 15 is 0 Å². The molecule has 11 heteroatoms. The van der Waals surface area contributed by atoms with Crippen molar-refractivity contribution in [2.24, 2.45) is 0 Å². The monoisotopic (exact) mass is 428 g/mol. The average Bonchev–Trinajstić information content (AvgIpc) is 3.39. The van der Waals surface area contributed by atoms with Crippen LogP contribution in [0, 0.1) is 5.82 Å². The van der Waals surface area contributed by atoms with Crippen LogP contribution in [0.2, 0.25) is 0 Å². The van der Waals surface area contributed by atoms with Crippen LogP contribution in [-0.4, -0.2) is 36.8 Å². The molecule has 4 rings (SSSR count).